The van der Waals surface area contributed by atoms with Crippen LogP contribution in [0.4, 0.5) is 23.9 Å². The number of alkyl halides is 3. The molecule has 3 aliphatic heterocycles. The Kier molecular flexibility index (Phi) is 4.51. The van der Waals surface area contributed by atoms with E-state index in [0.29, 0.717) is 32.1 Å². The predicted molar refractivity (Wildman–Crippen MR) is 98.8 cm³/mol. The van der Waals surface area contributed by atoms with E-state index < -0.39 is 12.1 Å². The highest BCUT2D eigenvalue weighted by Gasteiger charge is 2.48. The fourth-order valence-corrected chi connectivity index (χ4v) is 4.17. The standard InChI is InChI=1S/C18H21F3N8O/c19-18(20,21)14-8-28(9-14)16-22-3-12(4-23-16)13-6-29(7-13)17(30)27-2-1-11(5-27)15-24-10-25-26-15/h3-4,10-11,13-14H,1-2,5-9H2,(H,24,25,26)/t11-/m0/s1. The molecule has 0 saturated carbocycles. The minimum Gasteiger partial charge on any atom is -0.339 e. The van der Waals surface area contributed by atoms with Crippen LogP contribution in [-0.4, -0.2) is 86.4 Å². The number of aromatic amines is 1. The molecule has 2 amide bonds. The molecular weight excluding hydrogens is 401 g/mol. The smallest absolute Gasteiger partial charge is 0.339 e. The first-order valence-electron chi connectivity index (χ1n) is 9.91. The molecule has 5 heterocycles. The van der Waals surface area contributed by atoms with Crippen LogP contribution < -0.4 is 4.90 Å². The van der Waals surface area contributed by atoms with Gasteiger partial charge in [0.25, 0.3) is 0 Å². The van der Waals surface area contributed by atoms with Crippen LogP contribution in [0.3, 0.4) is 0 Å². The minimum atomic E-state index is -4.16. The number of anilines is 1. The molecular formula is C18H21F3N8O. The molecule has 0 radical (unpaired) electrons. The molecule has 2 aromatic rings. The average molecular weight is 422 g/mol. The van der Waals surface area contributed by atoms with Gasteiger partial charge in [0.2, 0.25) is 5.95 Å². The molecule has 0 bridgehead atoms. The molecule has 3 aliphatic rings. The molecule has 0 spiro atoms. The van der Waals surface area contributed by atoms with Crippen LogP contribution in [0.1, 0.15) is 29.6 Å². The number of nitrogens with one attached hydrogen (secondary N) is 1. The number of halogens is 3. The van der Waals surface area contributed by atoms with Gasteiger partial charge in [-0.15, -0.1) is 0 Å². The number of urea groups is 1. The van der Waals surface area contributed by atoms with Crippen molar-refractivity contribution in [2.45, 2.75) is 24.4 Å². The van der Waals surface area contributed by atoms with Crippen molar-refractivity contribution in [1.29, 1.82) is 0 Å². The van der Waals surface area contributed by atoms with Crippen molar-refractivity contribution in [3.63, 3.8) is 0 Å². The number of carbonyl (C=O) groups excluding carboxylic acids is 1. The summed E-state index contributed by atoms with van der Waals surface area (Å²) >= 11 is 0. The van der Waals surface area contributed by atoms with Gasteiger partial charge in [0, 0.05) is 63.5 Å². The maximum absolute atomic E-state index is 12.7. The van der Waals surface area contributed by atoms with E-state index in [2.05, 4.69) is 25.1 Å². The number of rotatable bonds is 3. The molecule has 3 fully saturated rings. The molecule has 1 N–H and O–H groups in total. The van der Waals surface area contributed by atoms with E-state index >= 15 is 0 Å². The first-order valence-corrected chi connectivity index (χ1v) is 9.91. The highest BCUT2D eigenvalue weighted by atomic mass is 19.4. The van der Waals surface area contributed by atoms with Crippen molar-refractivity contribution in [2.24, 2.45) is 5.92 Å². The van der Waals surface area contributed by atoms with Crippen LogP contribution in [-0.2, 0) is 0 Å². The molecule has 9 nitrogen and oxygen atoms in total. The second-order valence-corrected chi connectivity index (χ2v) is 8.15. The van der Waals surface area contributed by atoms with E-state index in [1.807, 2.05) is 4.90 Å². The fraction of sp³-hybridized carbons (Fsp3) is 0.611. The van der Waals surface area contributed by atoms with E-state index in [-0.39, 0.29) is 31.0 Å². The molecule has 1 atom stereocenters. The molecule has 30 heavy (non-hydrogen) atoms. The Labute approximate surface area is 170 Å². The van der Waals surface area contributed by atoms with Gasteiger partial charge in [0.15, 0.2) is 0 Å². The zero-order valence-corrected chi connectivity index (χ0v) is 16.1. The number of likely N-dealkylation sites (tertiary alicyclic amines) is 2. The Morgan fingerprint density at radius 1 is 1.00 bits per heavy atom. The maximum Gasteiger partial charge on any atom is 0.395 e. The summed E-state index contributed by atoms with van der Waals surface area (Å²) in [5.41, 5.74) is 0.900. The average Bonchev–Trinajstić information content (AvgIpc) is 3.31. The van der Waals surface area contributed by atoms with Crippen molar-refractivity contribution in [3.05, 3.63) is 30.1 Å². The lowest BCUT2D eigenvalue weighted by atomic mass is 9.94. The Hall–Kier alpha value is -2.92. The largest absolute Gasteiger partial charge is 0.395 e. The van der Waals surface area contributed by atoms with E-state index in [9.17, 15) is 18.0 Å². The Bertz CT molecular complexity index is 891. The van der Waals surface area contributed by atoms with Gasteiger partial charge >= 0.3 is 12.2 Å². The van der Waals surface area contributed by atoms with E-state index in [1.165, 1.54) is 11.2 Å². The number of nitrogens with zero attached hydrogens (tertiary/aromatic N) is 7. The van der Waals surface area contributed by atoms with Gasteiger partial charge in [0.05, 0.1) is 5.92 Å². The van der Waals surface area contributed by atoms with Crippen molar-refractivity contribution >= 4 is 12.0 Å². The van der Waals surface area contributed by atoms with Crippen LogP contribution in [0, 0.1) is 5.92 Å². The minimum absolute atomic E-state index is 0.0181. The normalized spacial score (nSPS) is 22.9. The molecule has 0 unspecified atom stereocenters. The lowest BCUT2D eigenvalue weighted by Crippen LogP contribution is -2.54. The number of carbonyl (C=O) groups is 1. The molecule has 2 aromatic heterocycles. The number of H-pyrrole nitrogens is 1. The number of amides is 2. The first kappa shape index (κ1) is 19.1. The molecule has 0 aliphatic carbocycles. The van der Waals surface area contributed by atoms with Gasteiger partial charge < -0.3 is 14.7 Å². The second kappa shape index (κ2) is 7.10. The van der Waals surface area contributed by atoms with Gasteiger partial charge in [-0.3, -0.25) is 5.10 Å². The van der Waals surface area contributed by atoms with Crippen LogP contribution in [0.15, 0.2) is 18.7 Å². The lowest BCUT2D eigenvalue weighted by molar-refractivity contribution is -0.180. The van der Waals surface area contributed by atoms with Gasteiger partial charge in [-0.05, 0) is 12.0 Å². The SMILES string of the molecule is O=C(N1CC(c2cnc(N3CC(C(F)(F)F)C3)nc2)C1)N1CC[C@H](c2ncn[nH]2)C1. The van der Waals surface area contributed by atoms with Crippen LogP contribution in [0.25, 0.3) is 0 Å². The van der Waals surface area contributed by atoms with Crippen LogP contribution >= 0.6 is 0 Å². The van der Waals surface area contributed by atoms with E-state index in [0.717, 1.165) is 17.8 Å². The lowest BCUT2D eigenvalue weighted by Gasteiger charge is -2.42. The Balaban J connectivity index is 1.11. The zero-order chi connectivity index (χ0) is 20.9. The summed E-state index contributed by atoms with van der Waals surface area (Å²) in [4.78, 5) is 30.5. The van der Waals surface area contributed by atoms with Crippen LogP contribution in [0.5, 0.6) is 0 Å². The third-order valence-electron chi connectivity index (χ3n) is 6.19. The monoisotopic (exact) mass is 422 g/mol. The molecule has 5 rings (SSSR count). The zero-order valence-electron chi connectivity index (χ0n) is 16.1. The quantitative estimate of drug-likeness (QED) is 0.808. The Morgan fingerprint density at radius 3 is 2.33 bits per heavy atom. The van der Waals surface area contributed by atoms with E-state index in [1.54, 1.807) is 17.3 Å². The van der Waals surface area contributed by atoms with Crippen molar-refractivity contribution in [1.82, 2.24) is 34.9 Å². The first-order chi connectivity index (χ1) is 14.4. The summed E-state index contributed by atoms with van der Waals surface area (Å²) in [5.74, 6) is 0.166. The summed E-state index contributed by atoms with van der Waals surface area (Å²) in [6.45, 7) is 2.30. The highest BCUT2D eigenvalue weighted by Crippen LogP contribution is 2.35. The van der Waals surface area contributed by atoms with Crippen LogP contribution in [0.2, 0.25) is 0 Å². The van der Waals surface area contributed by atoms with Gasteiger partial charge in [-0.25, -0.2) is 19.7 Å². The summed E-state index contributed by atoms with van der Waals surface area (Å²) < 4.78 is 37.8. The summed E-state index contributed by atoms with van der Waals surface area (Å²) in [6, 6.07) is 0.0181. The number of aromatic nitrogens is 5. The predicted octanol–water partition coefficient (Wildman–Crippen LogP) is 1.60. The van der Waals surface area contributed by atoms with Gasteiger partial charge in [-0.1, -0.05) is 0 Å². The maximum atomic E-state index is 12.7. The van der Waals surface area contributed by atoms with Crippen molar-refractivity contribution in [3.8, 4) is 0 Å². The second-order valence-electron chi connectivity index (χ2n) is 8.15. The molecule has 160 valence electrons. The van der Waals surface area contributed by atoms with E-state index in [4.69, 9.17) is 0 Å². The third-order valence-corrected chi connectivity index (χ3v) is 6.19. The topological polar surface area (TPSA) is 94.1 Å². The van der Waals surface area contributed by atoms with Gasteiger partial charge in [-0.2, -0.15) is 18.3 Å². The molecule has 3 saturated heterocycles. The Morgan fingerprint density at radius 2 is 1.70 bits per heavy atom. The highest BCUT2D eigenvalue weighted by molar-refractivity contribution is 5.76. The number of hydrogen-bond donors (Lipinski definition) is 1. The summed E-state index contributed by atoms with van der Waals surface area (Å²) in [5, 5.41) is 6.74. The third kappa shape index (κ3) is 3.43. The van der Waals surface area contributed by atoms with Crippen molar-refractivity contribution < 1.29 is 18.0 Å². The van der Waals surface area contributed by atoms with Gasteiger partial charge in [0.1, 0.15) is 12.2 Å². The molecule has 0 aromatic carbocycles. The fourth-order valence-electron chi connectivity index (χ4n) is 4.17. The summed E-state index contributed by atoms with van der Waals surface area (Å²) in [7, 11) is 0. The van der Waals surface area contributed by atoms with Crippen molar-refractivity contribution in [2.75, 3.05) is 44.2 Å². The number of hydrogen-bond acceptors (Lipinski definition) is 6. The molecule has 12 heteroatoms. The summed E-state index contributed by atoms with van der Waals surface area (Å²) in [6.07, 6.45) is 1.49.